The van der Waals surface area contributed by atoms with Gasteiger partial charge in [-0.1, -0.05) is 41.6 Å². The first kappa shape index (κ1) is 13.8. The zero-order valence-electron chi connectivity index (χ0n) is 10.1. The van der Waals surface area contributed by atoms with Gasteiger partial charge >= 0.3 is 0 Å². The van der Waals surface area contributed by atoms with E-state index in [1.807, 2.05) is 18.2 Å². The fourth-order valence-corrected chi connectivity index (χ4v) is 2.78. The van der Waals surface area contributed by atoms with Gasteiger partial charge < -0.3 is 0 Å². The number of nitrogens with zero attached hydrogens (tertiary/aromatic N) is 1. The van der Waals surface area contributed by atoms with Crippen LogP contribution < -0.4 is 0 Å². The minimum atomic E-state index is 0.00537. The quantitative estimate of drug-likeness (QED) is 0.582. The molecule has 0 aliphatic rings. The molecule has 0 spiro atoms. The fraction of sp³-hybridized carbons (Fsp3) is 0.0714. The van der Waals surface area contributed by atoms with Crippen LogP contribution in [-0.2, 0) is 0 Å². The summed E-state index contributed by atoms with van der Waals surface area (Å²) >= 11 is 7.23. The molecule has 2 rings (SSSR count). The lowest BCUT2D eigenvalue weighted by molar-refractivity contribution is 0.101. The van der Waals surface area contributed by atoms with Crippen LogP contribution in [0.2, 0.25) is 5.02 Å². The summed E-state index contributed by atoms with van der Waals surface area (Å²) in [5.74, 6) is 0.00537. The average molecular weight is 292 g/mol. The Labute approximate surface area is 120 Å². The van der Waals surface area contributed by atoms with Gasteiger partial charge in [0, 0.05) is 15.4 Å². The van der Waals surface area contributed by atoms with Gasteiger partial charge in [0.05, 0.1) is 5.02 Å². The second-order valence-corrected chi connectivity index (χ2v) is 5.38. The summed E-state index contributed by atoms with van der Waals surface area (Å²) in [5.41, 5.74) is 0.857. The lowest BCUT2D eigenvalue weighted by Crippen LogP contribution is -1.94. The van der Waals surface area contributed by atoms with E-state index < -0.39 is 0 Å². The van der Waals surface area contributed by atoms with Crippen LogP contribution in [0.1, 0.15) is 17.3 Å². The van der Waals surface area contributed by atoms with Crippen LogP contribution in [0.15, 0.2) is 57.4 Å². The third-order valence-electron chi connectivity index (χ3n) is 2.51. The SMILES string of the molecule is CC(=O)c1ccccc1Sc1ccc(Cl)c(N=O)c1. The highest BCUT2D eigenvalue weighted by Gasteiger charge is 2.09. The van der Waals surface area contributed by atoms with Gasteiger partial charge in [0.1, 0.15) is 5.69 Å². The number of benzene rings is 2. The van der Waals surface area contributed by atoms with Crippen LogP contribution >= 0.6 is 23.4 Å². The van der Waals surface area contributed by atoms with E-state index in [0.29, 0.717) is 10.6 Å². The first-order valence-corrected chi connectivity index (χ1v) is 6.72. The van der Waals surface area contributed by atoms with Crippen LogP contribution in [0.5, 0.6) is 0 Å². The van der Waals surface area contributed by atoms with E-state index in [0.717, 1.165) is 9.79 Å². The van der Waals surface area contributed by atoms with Crippen molar-refractivity contribution in [3.05, 3.63) is 58.0 Å². The zero-order chi connectivity index (χ0) is 13.8. The molecule has 0 fully saturated rings. The summed E-state index contributed by atoms with van der Waals surface area (Å²) in [5, 5.41) is 3.19. The minimum absolute atomic E-state index is 0.00537. The summed E-state index contributed by atoms with van der Waals surface area (Å²) in [6.07, 6.45) is 0. The minimum Gasteiger partial charge on any atom is -0.294 e. The average Bonchev–Trinajstić information content (AvgIpc) is 2.41. The van der Waals surface area contributed by atoms with Crippen molar-refractivity contribution in [2.75, 3.05) is 0 Å². The van der Waals surface area contributed by atoms with Crippen LogP contribution in [0.25, 0.3) is 0 Å². The van der Waals surface area contributed by atoms with Crippen LogP contribution in [0.3, 0.4) is 0 Å². The Kier molecular flexibility index (Phi) is 4.35. The molecule has 0 aliphatic carbocycles. The molecular weight excluding hydrogens is 282 g/mol. The molecule has 0 atom stereocenters. The van der Waals surface area contributed by atoms with E-state index in [-0.39, 0.29) is 11.5 Å². The molecule has 2 aromatic carbocycles. The van der Waals surface area contributed by atoms with Crippen molar-refractivity contribution < 1.29 is 4.79 Å². The van der Waals surface area contributed by atoms with Crippen molar-refractivity contribution in [2.45, 2.75) is 16.7 Å². The van der Waals surface area contributed by atoms with E-state index in [1.165, 1.54) is 18.7 Å². The third kappa shape index (κ3) is 3.22. The molecule has 0 aliphatic heterocycles. The number of ketones is 1. The van der Waals surface area contributed by atoms with E-state index in [1.54, 1.807) is 24.3 Å². The molecule has 0 amide bonds. The molecule has 0 aromatic heterocycles. The van der Waals surface area contributed by atoms with Gasteiger partial charge in [0.15, 0.2) is 5.78 Å². The number of nitroso groups, excluding NO2 is 1. The molecule has 0 saturated heterocycles. The van der Waals surface area contributed by atoms with E-state index in [4.69, 9.17) is 11.6 Å². The van der Waals surface area contributed by atoms with Crippen LogP contribution in [0, 0.1) is 4.91 Å². The highest BCUT2D eigenvalue weighted by atomic mass is 35.5. The van der Waals surface area contributed by atoms with Gasteiger partial charge in [-0.2, -0.15) is 0 Å². The smallest absolute Gasteiger partial charge is 0.160 e. The maximum Gasteiger partial charge on any atom is 0.160 e. The second-order valence-electron chi connectivity index (χ2n) is 3.86. The Bertz CT molecular complexity index is 643. The first-order chi connectivity index (χ1) is 9.11. The Morgan fingerprint density at radius 3 is 2.63 bits per heavy atom. The number of rotatable bonds is 4. The number of hydrogen-bond donors (Lipinski definition) is 0. The Balaban J connectivity index is 2.36. The second kappa shape index (κ2) is 5.99. The Morgan fingerprint density at radius 1 is 1.21 bits per heavy atom. The number of carbonyl (C=O) groups excluding carboxylic acids is 1. The molecular formula is C14H10ClNO2S. The molecule has 0 heterocycles. The lowest BCUT2D eigenvalue weighted by Gasteiger charge is -2.07. The normalized spacial score (nSPS) is 10.2. The summed E-state index contributed by atoms with van der Waals surface area (Å²) in [7, 11) is 0. The number of carbonyl (C=O) groups is 1. The van der Waals surface area contributed by atoms with Crippen molar-refractivity contribution >= 4 is 34.8 Å². The third-order valence-corrected chi connectivity index (χ3v) is 3.90. The highest BCUT2D eigenvalue weighted by Crippen LogP contribution is 2.35. The Hall–Kier alpha value is -1.65. The largest absolute Gasteiger partial charge is 0.294 e. The molecule has 5 heteroatoms. The number of Topliss-reactive ketones (excluding diaryl/α,β-unsaturated/α-hetero) is 1. The van der Waals surface area contributed by atoms with Gasteiger partial charge in [-0.3, -0.25) is 4.79 Å². The number of hydrogen-bond acceptors (Lipinski definition) is 4. The standard InChI is InChI=1S/C14H10ClNO2S/c1-9(17)11-4-2-3-5-14(11)19-10-6-7-12(15)13(8-10)16-18/h2-8H,1H3. The molecule has 3 nitrogen and oxygen atoms in total. The number of halogens is 1. The van der Waals surface area contributed by atoms with Crippen molar-refractivity contribution in [3.8, 4) is 0 Å². The fourth-order valence-electron chi connectivity index (χ4n) is 1.60. The zero-order valence-corrected chi connectivity index (χ0v) is 11.7. The van der Waals surface area contributed by atoms with Crippen molar-refractivity contribution in [1.29, 1.82) is 0 Å². The van der Waals surface area contributed by atoms with E-state index >= 15 is 0 Å². The van der Waals surface area contributed by atoms with Gasteiger partial charge in [0.2, 0.25) is 0 Å². The molecule has 2 aromatic rings. The van der Waals surface area contributed by atoms with Crippen LogP contribution in [-0.4, -0.2) is 5.78 Å². The van der Waals surface area contributed by atoms with Gasteiger partial charge in [-0.05, 0) is 36.4 Å². The topological polar surface area (TPSA) is 46.5 Å². The van der Waals surface area contributed by atoms with Gasteiger partial charge in [-0.15, -0.1) is 4.91 Å². The van der Waals surface area contributed by atoms with Crippen molar-refractivity contribution in [1.82, 2.24) is 0 Å². The molecule has 0 bridgehead atoms. The van der Waals surface area contributed by atoms with Crippen LogP contribution in [0.4, 0.5) is 5.69 Å². The molecule has 0 radical (unpaired) electrons. The summed E-state index contributed by atoms with van der Waals surface area (Å²) in [6, 6.07) is 12.3. The van der Waals surface area contributed by atoms with Crippen molar-refractivity contribution in [3.63, 3.8) is 0 Å². The predicted octanol–water partition coefficient (Wildman–Crippen LogP) is 5.09. The monoisotopic (exact) mass is 291 g/mol. The molecule has 0 N–H and O–H groups in total. The predicted molar refractivity (Wildman–Crippen MR) is 77.5 cm³/mol. The van der Waals surface area contributed by atoms with E-state index in [2.05, 4.69) is 5.18 Å². The van der Waals surface area contributed by atoms with Gasteiger partial charge in [0.25, 0.3) is 0 Å². The molecule has 0 unspecified atom stereocenters. The summed E-state index contributed by atoms with van der Waals surface area (Å²) in [6.45, 7) is 1.53. The van der Waals surface area contributed by atoms with E-state index in [9.17, 15) is 9.70 Å². The summed E-state index contributed by atoms with van der Waals surface area (Å²) < 4.78 is 0. The van der Waals surface area contributed by atoms with Gasteiger partial charge in [-0.25, -0.2) is 0 Å². The first-order valence-electron chi connectivity index (χ1n) is 5.52. The maximum absolute atomic E-state index is 11.5. The maximum atomic E-state index is 11.5. The molecule has 19 heavy (non-hydrogen) atoms. The van der Waals surface area contributed by atoms with Crippen molar-refractivity contribution in [2.24, 2.45) is 5.18 Å². The lowest BCUT2D eigenvalue weighted by atomic mass is 10.1. The molecule has 96 valence electrons. The summed E-state index contributed by atoms with van der Waals surface area (Å²) in [4.78, 5) is 23.8. The highest BCUT2D eigenvalue weighted by molar-refractivity contribution is 7.99. The molecule has 0 saturated carbocycles. The Morgan fingerprint density at radius 2 is 1.95 bits per heavy atom.